The van der Waals surface area contributed by atoms with E-state index in [2.05, 4.69) is 0 Å². The van der Waals surface area contributed by atoms with Crippen molar-refractivity contribution in [1.82, 2.24) is 4.90 Å². The summed E-state index contributed by atoms with van der Waals surface area (Å²) in [4.78, 5) is 14.1. The van der Waals surface area contributed by atoms with Crippen LogP contribution < -0.4 is 0 Å². The number of hydrogen-bond donors (Lipinski definition) is 1. The lowest BCUT2D eigenvalue weighted by atomic mass is 9.84. The molecule has 1 unspecified atom stereocenters. The van der Waals surface area contributed by atoms with Gasteiger partial charge in [-0.25, -0.2) is 0 Å². The number of ether oxygens (including phenoxy) is 1. The van der Waals surface area contributed by atoms with Gasteiger partial charge >= 0.3 is 0 Å². The van der Waals surface area contributed by atoms with Crippen molar-refractivity contribution in [3.8, 4) is 0 Å². The van der Waals surface area contributed by atoms with Gasteiger partial charge in [0.1, 0.15) is 6.10 Å². The molecule has 2 rings (SSSR count). The minimum absolute atomic E-state index is 0.00754. The molecular weight excluding hydrogens is 302 g/mol. The Bertz CT molecular complexity index is 507. The first kappa shape index (κ1) is 17.3. The van der Waals surface area contributed by atoms with Gasteiger partial charge in [-0.3, -0.25) is 4.79 Å². The summed E-state index contributed by atoms with van der Waals surface area (Å²) in [7, 11) is 0. The third kappa shape index (κ3) is 4.00. The lowest BCUT2D eigenvalue weighted by molar-refractivity contribution is -0.149. The fourth-order valence-corrected chi connectivity index (χ4v) is 3.00. The first-order chi connectivity index (χ1) is 10.3. The van der Waals surface area contributed by atoms with Gasteiger partial charge in [0.25, 0.3) is 5.91 Å². The van der Waals surface area contributed by atoms with E-state index in [9.17, 15) is 9.90 Å². The number of rotatable bonds is 4. The molecule has 0 radical (unpaired) electrons. The molecule has 1 heterocycles. The van der Waals surface area contributed by atoms with Crippen molar-refractivity contribution in [3.63, 3.8) is 0 Å². The van der Waals surface area contributed by atoms with E-state index >= 15 is 0 Å². The standard InChI is InChI=1S/C17H24ClNO3/c1-12(2)22-13(3)16(20)19-10-8-17(21,9-11-19)14-4-6-15(18)7-5-14/h4-7,12-13,21H,8-11H2,1-3H3. The number of hydrogen-bond acceptors (Lipinski definition) is 3. The van der Waals surface area contributed by atoms with Crippen LogP contribution in [0.1, 0.15) is 39.2 Å². The molecule has 1 saturated heterocycles. The van der Waals surface area contributed by atoms with Crippen LogP contribution in [0.5, 0.6) is 0 Å². The lowest BCUT2D eigenvalue weighted by Gasteiger charge is -2.39. The smallest absolute Gasteiger partial charge is 0.251 e. The monoisotopic (exact) mass is 325 g/mol. The number of piperidine rings is 1. The molecule has 122 valence electrons. The number of likely N-dealkylation sites (tertiary alicyclic amines) is 1. The highest BCUT2D eigenvalue weighted by Gasteiger charge is 2.36. The molecule has 1 atom stereocenters. The second-order valence-corrected chi connectivity index (χ2v) is 6.63. The number of carbonyl (C=O) groups is 1. The van der Waals surface area contributed by atoms with Crippen LogP contribution in [0, 0.1) is 0 Å². The minimum atomic E-state index is -0.885. The first-order valence-electron chi connectivity index (χ1n) is 7.74. The van der Waals surface area contributed by atoms with E-state index in [0.29, 0.717) is 31.0 Å². The van der Waals surface area contributed by atoms with E-state index in [1.54, 1.807) is 24.0 Å². The zero-order valence-corrected chi connectivity index (χ0v) is 14.1. The van der Waals surface area contributed by atoms with Crippen LogP contribution in [-0.4, -0.2) is 41.2 Å². The quantitative estimate of drug-likeness (QED) is 0.926. The Morgan fingerprint density at radius 1 is 1.23 bits per heavy atom. The summed E-state index contributed by atoms with van der Waals surface area (Å²) in [5.41, 5.74) is -0.0285. The average Bonchev–Trinajstić information content (AvgIpc) is 2.47. The summed E-state index contributed by atoms with van der Waals surface area (Å²) in [6.45, 7) is 6.67. The van der Waals surface area contributed by atoms with Crippen LogP contribution in [0.3, 0.4) is 0 Å². The Kier molecular flexibility index (Phi) is 5.48. The minimum Gasteiger partial charge on any atom is -0.385 e. The maximum atomic E-state index is 12.3. The second kappa shape index (κ2) is 6.99. The number of halogens is 1. The largest absolute Gasteiger partial charge is 0.385 e. The average molecular weight is 326 g/mol. The van der Waals surface area contributed by atoms with Crippen molar-refractivity contribution < 1.29 is 14.6 Å². The van der Waals surface area contributed by atoms with E-state index in [1.165, 1.54) is 0 Å². The number of aliphatic hydroxyl groups is 1. The van der Waals surface area contributed by atoms with Gasteiger partial charge in [0.2, 0.25) is 0 Å². The van der Waals surface area contributed by atoms with Crippen LogP contribution in [0.4, 0.5) is 0 Å². The van der Waals surface area contributed by atoms with Gasteiger partial charge < -0.3 is 14.7 Å². The number of nitrogens with zero attached hydrogens (tertiary/aromatic N) is 1. The number of amides is 1. The Morgan fingerprint density at radius 2 is 1.77 bits per heavy atom. The predicted molar refractivity (Wildman–Crippen MR) is 86.8 cm³/mol. The van der Waals surface area contributed by atoms with Crippen LogP contribution in [0.2, 0.25) is 5.02 Å². The summed E-state index contributed by atoms with van der Waals surface area (Å²) in [6.07, 6.45) is 0.625. The van der Waals surface area contributed by atoms with Crippen LogP contribution in [0.25, 0.3) is 0 Å². The molecule has 0 spiro atoms. The van der Waals surface area contributed by atoms with E-state index in [-0.39, 0.29) is 12.0 Å². The van der Waals surface area contributed by atoms with Gasteiger partial charge in [-0.1, -0.05) is 23.7 Å². The van der Waals surface area contributed by atoms with Crippen LogP contribution in [-0.2, 0) is 15.1 Å². The summed E-state index contributed by atoms with van der Waals surface area (Å²) in [5, 5.41) is 11.5. The highest BCUT2D eigenvalue weighted by Crippen LogP contribution is 2.33. The topological polar surface area (TPSA) is 49.8 Å². The van der Waals surface area contributed by atoms with Gasteiger partial charge in [-0.15, -0.1) is 0 Å². The van der Waals surface area contributed by atoms with Gasteiger partial charge in [-0.05, 0) is 51.3 Å². The molecule has 1 aromatic carbocycles. The zero-order chi connectivity index (χ0) is 16.3. The molecule has 0 aliphatic carbocycles. The summed E-state index contributed by atoms with van der Waals surface area (Å²) in [6, 6.07) is 7.27. The summed E-state index contributed by atoms with van der Waals surface area (Å²) < 4.78 is 5.55. The molecule has 0 bridgehead atoms. The molecule has 0 saturated carbocycles. The highest BCUT2D eigenvalue weighted by molar-refractivity contribution is 6.30. The summed E-state index contributed by atoms with van der Waals surface area (Å²) in [5.74, 6) is -0.00754. The molecule has 1 fully saturated rings. The molecular formula is C17H24ClNO3. The maximum Gasteiger partial charge on any atom is 0.251 e. The Morgan fingerprint density at radius 3 is 2.27 bits per heavy atom. The zero-order valence-electron chi connectivity index (χ0n) is 13.4. The fraction of sp³-hybridized carbons (Fsp3) is 0.588. The molecule has 1 N–H and O–H groups in total. The van der Waals surface area contributed by atoms with Crippen molar-refractivity contribution >= 4 is 17.5 Å². The third-order valence-electron chi connectivity index (χ3n) is 4.11. The molecule has 1 aliphatic heterocycles. The van der Waals surface area contributed by atoms with Gasteiger partial charge in [0.05, 0.1) is 11.7 Å². The predicted octanol–water partition coefficient (Wildman–Crippen LogP) is 2.96. The van der Waals surface area contributed by atoms with E-state index in [0.717, 1.165) is 5.56 Å². The van der Waals surface area contributed by atoms with E-state index in [4.69, 9.17) is 16.3 Å². The van der Waals surface area contributed by atoms with Crippen molar-refractivity contribution in [2.75, 3.05) is 13.1 Å². The highest BCUT2D eigenvalue weighted by atomic mass is 35.5. The van der Waals surface area contributed by atoms with Crippen LogP contribution >= 0.6 is 11.6 Å². The first-order valence-corrected chi connectivity index (χ1v) is 8.12. The third-order valence-corrected chi connectivity index (χ3v) is 4.36. The van der Waals surface area contributed by atoms with Crippen molar-refractivity contribution in [3.05, 3.63) is 34.9 Å². The van der Waals surface area contributed by atoms with Gasteiger partial charge in [-0.2, -0.15) is 0 Å². The Hall–Kier alpha value is -1.10. The molecule has 1 aromatic rings. The Labute approximate surface area is 137 Å². The van der Waals surface area contributed by atoms with Gasteiger partial charge in [0.15, 0.2) is 0 Å². The van der Waals surface area contributed by atoms with Crippen molar-refractivity contribution in [2.45, 2.75) is 51.4 Å². The Balaban J connectivity index is 1.97. The SMILES string of the molecule is CC(C)OC(C)C(=O)N1CCC(O)(c2ccc(Cl)cc2)CC1. The van der Waals surface area contributed by atoms with Gasteiger partial charge in [0, 0.05) is 18.1 Å². The normalized spacial score (nSPS) is 19.3. The number of benzene rings is 1. The molecule has 5 heteroatoms. The molecule has 0 aromatic heterocycles. The maximum absolute atomic E-state index is 12.3. The number of carbonyl (C=O) groups excluding carboxylic acids is 1. The summed E-state index contributed by atoms with van der Waals surface area (Å²) >= 11 is 5.89. The molecule has 1 amide bonds. The van der Waals surface area contributed by atoms with Crippen molar-refractivity contribution in [2.24, 2.45) is 0 Å². The lowest BCUT2D eigenvalue weighted by Crippen LogP contribution is -2.48. The van der Waals surface area contributed by atoms with E-state index < -0.39 is 11.7 Å². The van der Waals surface area contributed by atoms with Crippen molar-refractivity contribution in [1.29, 1.82) is 0 Å². The fourth-order valence-electron chi connectivity index (χ4n) is 2.87. The second-order valence-electron chi connectivity index (χ2n) is 6.19. The molecule has 4 nitrogen and oxygen atoms in total. The molecule has 22 heavy (non-hydrogen) atoms. The molecule has 1 aliphatic rings. The van der Waals surface area contributed by atoms with Crippen LogP contribution in [0.15, 0.2) is 24.3 Å². The van der Waals surface area contributed by atoms with E-state index in [1.807, 2.05) is 26.0 Å².